The molecule has 0 aliphatic heterocycles. The van der Waals surface area contributed by atoms with Crippen LogP contribution in [0.3, 0.4) is 0 Å². The summed E-state index contributed by atoms with van der Waals surface area (Å²) < 4.78 is 23.9. The topological polar surface area (TPSA) is 90.3 Å². The van der Waals surface area contributed by atoms with Crippen molar-refractivity contribution in [2.75, 3.05) is 24.7 Å². The molecule has 0 unspecified atom stereocenters. The monoisotopic (exact) mass is 293 g/mol. The third kappa shape index (κ3) is 4.84. The van der Waals surface area contributed by atoms with E-state index in [1.807, 2.05) is 6.07 Å². The molecule has 1 aromatic rings. The van der Waals surface area contributed by atoms with Crippen LogP contribution in [0.15, 0.2) is 36.9 Å². The number of carbonyl (C=O) groups is 1. The minimum atomic E-state index is -3.47. The van der Waals surface area contributed by atoms with Crippen molar-refractivity contribution in [3.05, 3.63) is 42.5 Å². The van der Waals surface area contributed by atoms with Gasteiger partial charge in [0.05, 0.1) is 24.4 Å². The average molecular weight is 293 g/mol. The highest BCUT2D eigenvalue weighted by Crippen LogP contribution is 2.09. The Kier molecular flexibility index (Phi) is 5.43. The van der Waals surface area contributed by atoms with E-state index in [0.29, 0.717) is 11.3 Å². The summed E-state index contributed by atoms with van der Waals surface area (Å²) in [6.07, 6.45) is 2.45. The van der Waals surface area contributed by atoms with Crippen LogP contribution in [0.2, 0.25) is 0 Å². The number of hydrogen-bond donors (Lipinski definition) is 1. The molecule has 0 aliphatic rings. The highest BCUT2D eigenvalue weighted by atomic mass is 32.2. The molecule has 1 rings (SSSR count). The molecule has 1 aromatic carbocycles. The highest BCUT2D eigenvalue weighted by molar-refractivity contribution is 7.88. The summed E-state index contributed by atoms with van der Waals surface area (Å²) in [4.78, 5) is 11.8. The second-order valence-corrected chi connectivity index (χ2v) is 6.06. The van der Waals surface area contributed by atoms with E-state index in [1.165, 1.54) is 6.08 Å². The Hall–Kier alpha value is -2.17. The number of hydrogen-bond acceptors (Lipinski definition) is 4. The van der Waals surface area contributed by atoms with Gasteiger partial charge in [0.25, 0.3) is 0 Å². The van der Waals surface area contributed by atoms with Gasteiger partial charge in [-0.1, -0.05) is 6.08 Å². The first-order chi connectivity index (χ1) is 9.36. The summed E-state index contributed by atoms with van der Waals surface area (Å²) in [6, 6.07) is 8.25. The fourth-order valence-electron chi connectivity index (χ4n) is 1.45. The Morgan fingerprint density at radius 2 is 2.05 bits per heavy atom. The molecule has 1 N–H and O–H groups in total. The van der Waals surface area contributed by atoms with Gasteiger partial charge in [-0.15, -0.1) is 6.58 Å². The van der Waals surface area contributed by atoms with Crippen molar-refractivity contribution in [3.63, 3.8) is 0 Å². The van der Waals surface area contributed by atoms with Crippen LogP contribution >= 0.6 is 0 Å². The molecule has 106 valence electrons. The van der Waals surface area contributed by atoms with Gasteiger partial charge in [-0.3, -0.25) is 4.79 Å². The number of carbonyl (C=O) groups excluding carboxylic acids is 1. The number of anilines is 1. The number of rotatable bonds is 6. The Balaban J connectivity index is 2.70. The predicted octanol–water partition coefficient (Wildman–Crippen LogP) is 0.944. The van der Waals surface area contributed by atoms with Crippen LogP contribution in [0.25, 0.3) is 0 Å². The number of benzene rings is 1. The summed E-state index contributed by atoms with van der Waals surface area (Å²) in [5, 5.41) is 11.2. The maximum atomic E-state index is 11.8. The van der Waals surface area contributed by atoms with Crippen molar-refractivity contribution in [1.29, 1.82) is 5.26 Å². The zero-order valence-corrected chi connectivity index (χ0v) is 11.9. The molecule has 0 heterocycles. The van der Waals surface area contributed by atoms with Gasteiger partial charge in [-0.25, -0.2) is 8.42 Å². The molecule has 0 atom stereocenters. The summed E-state index contributed by atoms with van der Waals surface area (Å²) in [5.41, 5.74) is 0.980. The molecule has 0 saturated heterocycles. The molecule has 0 bridgehead atoms. The fourth-order valence-corrected chi connectivity index (χ4v) is 2.18. The van der Waals surface area contributed by atoms with Crippen LogP contribution in [0, 0.1) is 11.3 Å². The van der Waals surface area contributed by atoms with Gasteiger partial charge in [0.1, 0.15) is 0 Å². The van der Waals surface area contributed by atoms with Gasteiger partial charge in [-0.2, -0.15) is 9.57 Å². The minimum absolute atomic E-state index is 0.0691. The minimum Gasteiger partial charge on any atom is -0.325 e. The fraction of sp³-hybridized carbons (Fsp3) is 0.231. The van der Waals surface area contributed by atoms with Crippen LogP contribution < -0.4 is 5.32 Å². The molecule has 7 heteroatoms. The van der Waals surface area contributed by atoms with Crippen molar-refractivity contribution in [1.82, 2.24) is 4.31 Å². The number of nitrogens with zero attached hydrogens (tertiary/aromatic N) is 2. The maximum Gasteiger partial charge on any atom is 0.239 e. The molecule has 6 nitrogen and oxygen atoms in total. The van der Waals surface area contributed by atoms with Gasteiger partial charge in [-0.05, 0) is 24.3 Å². The smallest absolute Gasteiger partial charge is 0.239 e. The summed E-state index contributed by atoms with van der Waals surface area (Å²) in [5.74, 6) is -0.456. The first-order valence-corrected chi connectivity index (χ1v) is 7.57. The van der Waals surface area contributed by atoms with Gasteiger partial charge >= 0.3 is 0 Å². The number of amides is 1. The third-order valence-corrected chi connectivity index (χ3v) is 3.64. The molecule has 0 aliphatic carbocycles. The first-order valence-electron chi connectivity index (χ1n) is 5.73. The summed E-state index contributed by atoms with van der Waals surface area (Å²) in [7, 11) is -3.47. The molecule has 0 aromatic heterocycles. The summed E-state index contributed by atoms with van der Waals surface area (Å²) in [6.45, 7) is 3.24. The van der Waals surface area contributed by atoms with Gasteiger partial charge in [0.2, 0.25) is 15.9 Å². The van der Waals surface area contributed by atoms with Crippen LogP contribution in [0.1, 0.15) is 5.56 Å². The van der Waals surface area contributed by atoms with Crippen LogP contribution in [-0.2, 0) is 14.8 Å². The van der Waals surface area contributed by atoms with E-state index in [4.69, 9.17) is 5.26 Å². The molecule has 0 radical (unpaired) electrons. The molecule has 0 fully saturated rings. The van der Waals surface area contributed by atoms with E-state index in [9.17, 15) is 13.2 Å². The van der Waals surface area contributed by atoms with Gasteiger partial charge in [0.15, 0.2) is 0 Å². The lowest BCUT2D eigenvalue weighted by Gasteiger charge is -2.17. The van der Waals surface area contributed by atoms with Crippen molar-refractivity contribution in [2.24, 2.45) is 0 Å². The van der Waals surface area contributed by atoms with E-state index in [0.717, 1.165) is 10.6 Å². The van der Waals surface area contributed by atoms with E-state index < -0.39 is 15.9 Å². The van der Waals surface area contributed by atoms with Crippen molar-refractivity contribution in [3.8, 4) is 6.07 Å². The number of sulfonamides is 1. The van der Waals surface area contributed by atoms with Gasteiger partial charge in [0, 0.05) is 12.2 Å². The van der Waals surface area contributed by atoms with E-state index in [1.54, 1.807) is 24.3 Å². The third-order valence-electron chi connectivity index (χ3n) is 2.42. The van der Waals surface area contributed by atoms with Gasteiger partial charge < -0.3 is 5.32 Å². The Labute approximate surface area is 118 Å². The molecule has 0 saturated carbocycles. The summed E-state index contributed by atoms with van der Waals surface area (Å²) >= 11 is 0. The molecular formula is C13H15N3O3S. The lowest BCUT2D eigenvalue weighted by atomic mass is 10.2. The normalized spacial score (nSPS) is 10.8. The second kappa shape index (κ2) is 6.84. The van der Waals surface area contributed by atoms with Crippen molar-refractivity contribution < 1.29 is 13.2 Å². The SMILES string of the molecule is C=CCN(CC(=O)Nc1ccc(C#N)cc1)S(C)(=O)=O. The predicted molar refractivity (Wildman–Crippen MR) is 76.4 cm³/mol. The van der Waals surface area contributed by atoms with Crippen molar-refractivity contribution in [2.45, 2.75) is 0 Å². The Bertz CT molecular complexity index is 630. The molecular weight excluding hydrogens is 278 g/mol. The Morgan fingerprint density at radius 3 is 2.50 bits per heavy atom. The van der Waals surface area contributed by atoms with Crippen LogP contribution in [-0.4, -0.2) is 38.0 Å². The average Bonchev–Trinajstić information content (AvgIpc) is 2.38. The second-order valence-electron chi connectivity index (χ2n) is 4.08. The quantitative estimate of drug-likeness (QED) is 0.790. The van der Waals surface area contributed by atoms with Crippen molar-refractivity contribution >= 4 is 21.6 Å². The van der Waals surface area contributed by atoms with Crippen LogP contribution in [0.5, 0.6) is 0 Å². The molecule has 1 amide bonds. The maximum absolute atomic E-state index is 11.8. The van der Waals surface area contributed by atoms with E-state index in [2.05, 4.69) is 11.9 Å². The largest absolute Gasteiger partial charge is 0.325 e. The number of nitrogens with one attached hydrogen (secondary N) is 1. The molecule has 0 spiro atoms. The zero-order valence-electron chi connectivity index (χ0n) is 11.0. The first kappa shape index (κ1) is 15.9. The van der Waals surface area contributed by atoms with E-state index >= 15 is 0 Å². The van der Waals surface area contributed by atoms with Crippen LogP contribution in [0.4, 0.5) is 5.69 Å². The highest BCUT2D eigenvalue weighted by Gasteiger charge is 2.18. The van der Waals surface area contributed by atoms with E-state index in [-0.39, 0.29) is 13.1 Å². The zero-order chi connectivity index (χ0) is 15.2. The lowest BCUT2D eigenvalue weighted by molar-refractivity contribution is -0.116. The molecule has 20 heavy (non-hydrogen) atoms. The lowest BCUT2D eigenvalue weighted by Crippen LogP contribution is -2.37. The Morgan fingerprint density at radius 1 is 1.45 bits per heavy atom. The standard InChI is InChI=1S/C13H15N3O3S/c1-3-8-16(20(2,18)19)10-13(17)15-12-6-4-11(9-14)5-7-12/h3-7H,1,8,10H2,2H3,(H,15,17). The number of nitriles is 1.